The highest BCUT2D eigenvalue weighted by Gasteiger charge is 2.44. The summed E-state index contributed by atoms with van der Waals surface area (Å²) in [6, 6.07) is 8.94. The van der Waals surface area contributed by atoms with E-state index in [1.54, 1.807) is 30.7 Å². The minimum atomic E-state index is -5.08. The number of aromatic nitrogens is 1. The number of rotatable bonds is 4. The van der Waals surface area contributed by atoms with Crippen LogP contribution < -0.4 is 5.32 Å². The zero-order valence-corrected chi connectivity index (χ0v) is 17.3. The fourth-order valence-electron chi connectivity index (χ4n) is 3.71. The number of fused-ring (bicyclic) bond motifs is 1. The minimum absolute atomic E-state index is 0.0126. The second-order valence-electron chi connectivity index (χ2n) is 7.41. The molecular weight excluding hydrogens is 447 g/mol. The lowest BCUT2D eigenvalue weighted by Crippen LogP contribution is -2.49. The van der Waals surface area contributed by atoms with E-state index in [0.29, 0.717) is 31.0 Å². The van der Waals surface area contributed by atoms with Crippen molar-refractivity contribution in [1.82, 2.24) is 15.2 Å². The van der Waals surface area contributed by atoms with Crippen molar-refractivity contribution >= 4 is 17.8 Å². The van der Waals surface area contributed by atoms with Gasteiger partial charge < -0.3 is 24.5 Å². The van der Waals surface area contributed by atoms with Crippen molar-refractivity contribution in [3.05, 3.63) is 54.2 Å². The van der Waals surface area contributed by atoms with Gasteiger partial charge in [0.25, 0.3) is 5.91 Å². The maximum Gasteiger partial charge on any atom is 0.490 e. The van der Waals surface area contributed by atoms with E-state index >= 15 is 0 Å². The van der Waals surface area contributed by atoms with Gasteiger partial charge in [0.1, 0.15) is 17.6 Å². The van der Waals surface area contributed by atoms with Gasteiger partial charge in [-0.25, -0.2) is 4.79 Å². The number of pyridine rings is 1. The van der Waals surface area contributed by atoms with Gasteiger partial charge in [-0.05, 0) is 43.5 Å². The molecule has 0 bridgehead atoms. The molecule has 4 rings (SSSR count). The number of carbonyl (C=O) groups is 3. The number of hydrogen-bond donors (Lipinski definition) is 2. The quantitative estimate of drug-likeness (QED) is 0.705. The van der Waals surface area contributed by atoms with Crippen LogP contribution in [-0.2, 0) is 20.9 Å². The van der Waals surface area contributed by atoms with Gasteiger partial charge in [0.15, 0.2) is 0 Å². The summed E-state index contributed by atoms with van der Waals surface area (Å²) in [6.45, 7) is 0.982. The van der Waals surface area contributed by atoms with E-state index in [0.717, 1.165) is 12.8 Å². The Morgan fingerprint density at radius 3 is 2.52 bits per heavy atom. The standard InChI is InChI=1S/C19H21N3O4.C2HF3O2/c23-18(21-12-13-4-3-11-25-13)17-7-6-15-16(26-17)8-10-22(15)19(24)14-5-1-2-9-20-14;3-2(4,5)1(6)7/h1-5,9,11,15-17H,6-8,10,12H2,(H,21,23);(H,6,7)/t15-,16-,17-;/m1./s1. The highest BCUT2D eigenvalue weighted by Crippen LogP contribution is 2.32. The Morgan fingerprint density at radius 2 is 1.91 bits per heavy atom. The number of halogens is 3. The lowest BCUT2D eigenvalue weighted by atomic mass is 9.98. The van der Waals surface area contributed by atoms with Gasteiger partial charge in [0.05, 0.1) is 25.0 Å². The van der Waals surface area contributed by atoms with E-state index in [4.69, 9.17) is 19.1 Å². The van der Waals surface area contributed by atoms with Crippen LogP contribution in [0.3, 0.4) is 0 Å². The summed E-state index contributed by atoms with van der Waals surface area (Å²) in [5.74, 6) is -2.25. The minimum Gasteiger partial charge on any atom is -0.475 e. The van der Waals surface area contributed by atoms with Crippen molar-refractivity contribution < 1.29 is 41.8 Å². The molecule has 2 fully saturated rings. The van der Waals surface area contributed by atoms with Crippen LogP contribution in [0.1, 0.15) is 35.5 Å². The van der Waals surface area contributed by atoms with Crippen LogP contribution >= 0.6 is 0 Å². The SMILES string of the molecule is O=C(NCc1ccco1)[C@H]1CC[C@@H]2[C@@H](CCN2C(=O)c2ccccn2)O1.O=C(O)C(F)(F)F. The van der Waals surface area contributed by atoms with Crippen molar-refractivity contribution in [1.29, 1.82) is 0 Å². The predicted molar refractivity (Wildman–Crippen MR) is 106 cm³/mol. The summed E-state index contributed by atoms with van der Waals surface area (Å²) in [7, 11) is 0. The van der Waals surface area contributed by atoms with E-state index in [1.807, 2.05) is 17.0 Å². The number of carboxylic acid groups (broad SMARTS) is 1. The molecule has 0 spiro atoms. The number of hydrogen-bond acceptors (Lipinski definition) is 6. The van der Waals surface area contributed by atoms with E-state index in [-0.39, 0.29) is 24.0 Å². The number of alkyl halides is 3. The van der Waals surface area contributed by atoms with E-state index in [9.17, 15) is 22.8 Å². The first-order chi connectivity index (χ1) is 15.7. The van der Waals surface area contributed by atoms with Crippen LogP contribution in [0.2, 0.25) is 0 Å². The summed E-state index contributed by atoms with van der Waals surface area (Å²) >= 11 is 0. The molecule has 0 radical (unpaired) electrons. The monoisotopic (exact) mass is 469 g/mol. The molecule has 2 amide bonds. The third-order valence-electron chi connectivity index (χ3n) is 5.24. The Labute approximate surface area is 186 Å². The summed E-state index contributed by atoms with van der Waals surface area (Å²) < 4.78 is 43.0. The van der Waals surface area contributed by atoms with Crippen molar-refractivity contribution in [2.24, 2.45) is 0 Å². The van der Waals surface area contributed by atoms with Crippen molar-refractivity contribution in [2.75, 3.05) is 6.54 Å². The molecule has 4 heterocycles. The lowest BCUT2D eigenvalue weighted by molar-refractivity contribution is -0.192. The first-order valence-electron chi connectivity index (χ1n) is 10.1. The van der Waals surface area contributed by atoms with Gasteiger partial charge in [0.2, 0.25) is 5.91 Å². The third-order valence-corrected chi connectivity index (χ3v) is 5.24. The lowest BCUT2D eigenvalue weighted by Gasteiger charge is -2.35. The fourth-order valence-corrected chi connectivity index (χ4v) is 3.71. The van der Waals surface area contributed by atoms with Gasteiger partial charge in [-0.3, -0.25) is 14.6 Å². The fraction of sp³-hybridized carbons (Fsp3) is 0.429. The molecule has 0 saturated carbocycles. The van der Waals surface area contributed by atoms with Crippen molar-refractivity contribution in [3.63, 3.8) is 0 Å². The molecule has 2 N–H and O–H groups in total. The molecule has 0 unspecified atom stereocenters. The Bertz CT molecular complexity index is 952. The van der Waals surface area contributed by atoms with Gasteiger partial charge in [-0.1, -0.05) is 6.07 Å². The topological polar surface area (TPSA) is 122 Å². The zero-order valence-electron chi connectivity index (χ0n) is 17.3. The highest BCUT2D eigenvalue weighted by atomic mass is 19.4. The summed E-state index contributed by atoms with van der Waals surface area (Å²) in [5.41, 5.74) is 0.450. The normalized spacial score (nSPS) is 22.0. The number of aliphatic carboxylic acids is 1. The highest BCUT2D eigenvalue weighted by molar-refractivity contribution is 5.92. The number of ether oxygens (including phenoxy) is 1. The number of amides is 2. The molecule has 2 aromatic heterocycles. The predicted octanol–water partition coefficient (Wildman–Crippen LogP) is 2.39. The molecule has 2 aliphatic heterocycles. The Kier molecular flexibility index (Phi) is 7.69. The molecule has 0 aromatic carbocycles. The van der Waals surface area contributed by atoms with Crippen molar-refractivity contribution in [3.8, 4) is 0 Å². The van der Waals surface area contributed by atoms with Gasteiger partial charge in [-0.2, -0.15) is 13.2 Å². The molecular formula is C21H22F3N3O6. The second kappa shape index (κ2) is 10.5. The maximum absolute atomic E-state index is 12.7. The third kappa shape index (κ3) is 6.31. The van der Waals surface area contributed by atoms with Gasteiger partial charge in [0, 0.05) is 12.7 Å². The first-order valence-corrected chi connectivity index (χ1v) is 10.1. The van der Waals surface area contributed by atoms with E-state index in [1.165, 1.54) is 0 Å². The number of nitrogens with zero attached hydrogens (tertiary/aromatic N) is 2. The molecule has 9 nitrogen and oxygen atoms in total. The van der Waals surface area contributed by atoms with Crippen molar-refractivity contribution in [2.45, 2.75) is 50.2 Å². The van der Waals surface area contributed by atoms with Crippen LogP contribution in [0.4, 0.5) is 13.2 Å². The molecule has 12 heteroatoms. The molecule has 2 saturated heterocycles. The maximum atomic E-state index is 12.7. The Balaban J connectivity index is 0.000000383. The molecule has 3 atom stereocenters. The van der Waals surface area contributed by atoms with E-state index in [2.05, 4.69) is 10.3 Å². The van der Waals surface area contributed by atoms with Crippen LogP contribution in [0.5, 0.6) is 0 Å². The summed E-state index contributed by atoms with van der Waals surface area (Å²) in [4.78, 5) is 39.9. The number of carbonyl (C=O) groups excluding carboxylic acids is 2. The average Bonchev–Trinajstić information content (AvgIpc) is 3.47. The largest absolute Gasteiger partial charge is 0.490 e. The molecule has 33 heavy (non-hydrogen) atoms. The second-order valence-corrected chi connectivity index (χ2v) is 7.41. The molecule has 178 valence electrons. The van der Waals surface area contributed by atoms with Gasteiger partial charge >= 0.3 is 12.1 Å². The molecule has 2 aliphatic rings. The number of carboxylic acids is 1. The van der Waals surface area contributed by atoms with Crippen LogP contribution in [0, 0.1) is 0 Å². The van der Waals surface area contributed by atoms with Crippen LogP contribution in [0.25, 0.3) is 0 Å². The number of furan rings is 1. The van der Waals surface area contributed by atoms with Gasteiger partial charge in [-0.15, -0.1) is 0 Å². The summed E-state index contributed by atoms with van der Waals surface area (Å²) in [5, 5.41) is 9.97. The smallest absolute Gasteiger partial charge is 0.475 e. The first kappa shape index (κ1) is 24.2. The van der Waals surface area contributed by atoms with E-state index < -0.39 is 18.2 Å². The molecule has 0 aliphatic carbocycles. The Morgan fingerprint density at radius 1 is 1.15 bits per heavy atom. The molecule has 2 aromatic rings. The van der Waals surface area contributed by atoms with Crippen LogP contribution in [-0.4, -0.2) is 63.7 Å². The number of likely N-dealkylation sites (tertiary alicyclic amines) is 1. The average molecular weight is 469 g/mol. The summed E-state index contributed by atoms with van der Waals surface area (Å²) in [6.07, 6.45) is -0.372. The van der Waals surface area contributed by atoms with Crippen LogP contribution in [0.15, 0.2) is 47.2 Å². The zero-order chi connectivity index (χ0) is 24.0. The Hall–Kier alpha value is -3.41. The number of nitrogens with one attached hydrogen (secondary N) is 1.